The molecule has 4 nitrogen and oxygen atoms in total. The van der Waals surface area contributed by atoms with Crippen molar-refractivity contribution < 1.29 is 8.78 Å². The number of halogens is 2. The van der Waals surface area contributed by atoms with Crippen LogP contribution in [-0.2, 0) is 0 Å². The van der Waals surface area contributed by atoms with Crippen LogP contribution in [0.15, 0.2) is 66.7 Å². The van der Waals surface area contributed by atoms with E-state index >= 15 is 0 Å². The molecule has 0 aliphatic heterocycles. The lowest BCUT2D eigenvalue weighted by molar-refractivity contribution is 0.588. The molecule has 0 radical (unpaired) electrons. The summed E-state index contributed by atoms with van der Waals surface area (Å²) in [6.45, 7) is 0.883. The van der Waals surface area contributed by atoms with Gasteiger partial charge in [-0.15, -0.1) is 0 Å². The van der Waals surface area contributed by atoms with Crippen LogP contribution in [-0.4, -0.2) is 16.5 Å². The number of H-pyrrole nitrogens is 1. The van der Waals surface area contributed by atoms with Crippen LogP contribution < -0.4 is 11.1 Å². The summed E-state index contributed by atoms with van der Waals surface area (Å²) < 4.78 is 28.9. The van der Waals surface area contributed by atoms with Crippen molar-refractivity contribution in [1.29, 1.82) is 0 Å². The molecule has 0 saturated heterocycles. The normalized spacial score (nSPS) is 13.4. The number of anilines is 2. The van der Waals surface area contributed by atoms with Crippen LogP contribution >= 0.6 is 0 Å². The number of hydrogen-bond acceptors (Lipinski definition) is 3. The van der Waals surface area contributed by atoms with Gasteiger partial charge in [0.15, 0.2) is 0 Å². The Morgan fingerprint density at radius 3 is 2.39 bits per heavy atom. The number of imidazole rings is 1. The summed E-state index contributed by atoms with van der Waals surface area (Å²) in [7, 11) is 0. The molecule has 1 aliphatic rings. The molecule has 0 bridgehead atoms. The Balaban J connectivity index is 1.64. The Morgan fingerprint density at radius 2 is 1.68 bits per heavy atom. The van der Waals surface area contributed by atoms with Crippen LogP contribution in [0.5, 0.6) is 0 Å². The molecule has 0 amide bonds. The van der Waals surface area contributed by atoms with E-state index < -0.39 is 11.6 Å². The topological polar surface area (TPSA) is 66.7 Å². The number of nitrogens with two attached hydrogens (primary N) is 1. The van der Waals surface area contributed by atoms with Crippen molar-refractivity contribution in [3.8, 4) is 33.9 Å². The summed E-state index contributed by atoms with van der Waals surface area (Å²) in [6.07, 6.45) is 2.48. The van der Waals surface area contributed by atoms with E-state index in [1.807, 2.05) is 48.5 Å². The molecule has 5 rings (SSSR count). The lowest BCUT2D eigenvalue weighted by Crippen LogP contribution is -2.05. The van der Waals surface area contributed by atoms with E-state index in [1.54, 1.807) is 0 Å². The number of nitrogens with zero attached hydrogens (tertiary/aromatic N) is 1. The minimum absolute atomic E-state index is 0.147. The van der Waals surface area contributed by atoms with Gasteiger partial charge in [-0.25, -0.2) is 13.8 Å². The van der Waals surface area contributed by atoms with Crippen molar-refractivity contribution in [2.24, 2.45) is 5.92 Å². The summed E-state index contributed by atoms with van der Waals surface area (Å²) in [4.78, 5) is 7.76. The fraction of sp³-hybridized carbons (Fsp3) is 0.160. The van der Waals surface area contributed by atoms with Gasteiger partial charge in [0, 0.05) is 17.7 Å². The van der Waals surface area contributed by atoms with Crippen molar-refractivity contribution in [2.45, 2.75) is 12.8 Å². The van der Waals surface area contributed by atoms with Gasteiger partial charge in [-0.2, -0.15) is 0 Å². The monoisotopic (exact) mass is 416 g/mol. The maximum atomic E-state index is 14.5. The van der Waals surface area contributed by atoms with Crippen LogP contribution in [0.25, 0.3) is 33.9 Å². The summed E-state index contributed by atoms with van der Waals surface area (Å²) in [5, 5.41) is 3.42. The zero-order chi connectivity index (χ0) is 21.4. The molecule has 1 fully saturated rings. The highest BCUT2D eigenvalue weighted by Gasteiger charge is 2.22. The molecule has 6 heteroatoms. The summed E-state index contributed by atoms with van der Waals surface area (Å²) in [5.41, 5.74) is 10.5. The molecular weight excluding hydrogens is 394 g/mol. The summed E-state index contributed by atoms with van der Waals surface area (Å²) >= 11 is 0. The molecule has 3 aromatic carbocycles. The van der Waals surface area contributed by atoms with E-state index in [1.165, 1.54) is 31.0 Å². The molecule has 1 heterocycles. The fourth-order valence-electron chi connectivity index (χ4n) is 3.67. The zero-order valence-corrected chi connectivity index (χ0v) is 16.8. The second-order valence-electron chi connectivity index (χ2n) is 7.90. The molecule has 4 N–H and O–H groups in total. The van der Waals surface area contributed by atoms with Crippen LogP contribution in [0.2, 0.25) is 0 Å². The number of rotatable bonds is 6. The van der Waals surface area contributed by atoms with E-state index in [-0.39, 0.29) is 11.4 Å². The van der Waals surface area contributed by atoms with Crippen LogP contribution in [0.3, 0.4) is 0 Å². The van der Waals surface area contributed by atoms with Crippen LogP contribution in [0.4, 0.5) is 20.2 Å². The minimum atomic E-state index is -0.663. The second kappa shape index (κ2) is 7.87. The minimum Gasteiger partial charge on any atom is -0.397 e. The van der Waals surface area contributed by atoms with Crippen molar-refractivity contribution in [2.75, 3.05) is 17.6 Å². The lowest BCUT2D eigenvalue weighted by Gasteiger charge is -2.11. The third-order valence-corrected chi connectivity index (χ3v) is 5.57. The zero-order valence-electron chi connectivity index (χ0n) is 16.8. The predicted molar refractivity (Wildman–Crippen MR) is 120 cm³/mol. The van der Waals surface area contributed by atoms with Gasteiger partial charge in [-0.3, -0.25) is 0 Å². The molecule has 0 atom stereocenters. The second-order valence-corrected chi connectivity index (χ2v) is 7.90. The number of benzene rings is 3. The fourth-order valence-corrected chi connectivity index (χ4v) is 3.67. The number of aromatic amines is 1. The maximum Gasteiger partial charge on any atom is 0.144 e. The van der Waals surface area contributed by atoms with Gasteiger partial charge < -0.3 is 16.0 Å². The largest absolute Gasteiger partial charge is 0.397 e. The number of nitrogen functional groups attached to an aromatic ring is 1. The summed E-state index contributed by atoms with van der Waals surface area (Å²) in [6, 6.07) is 19.0. The van der Waals surface area contributed by atoms with Crippen molar-refractivity contribution in [1.82, 2.24) is 9.97 Å². The highest BCUT2D eigenvalue weighted by Crippen LogP contribution is 2.37. The molecule has 1 aromatic heterocycles. The van der Waals surface area contributed by atoms with Gasteiger partial charge in [-0.05, 0) is 43.0 Å². The van der Waals surface area contributed by atoms with E-state index in [0.717, 1.165) is 23.4 Å². The molecule has 0 spiro atoms. The first-order chi connectivity index (χ1) is 15.1. The van der Waals surface area contributed by atoms with Crippen molar-refractivity contribution in [3.05, 3.63) is 78.4 Å². The van der Waals surface area contributed by atoms with Gasteiger partial charge in [0.1, 0.15) is 17.5 Å². The smallest absolute Gasteiger partial charge is 0.144 e. The molecule has 156 valence electrons. The lowest BCUT2D eigenvalue weighted by atomic mass is 10.0. The number of aromatic nitrogens is 2. The summed E-state index contributed by atoms with van der Waals surface area (Å²) in [5.74, 6) is -0.479. The highest BCUT2D eigenvalue weighted by molar-refractivity contribution is 5.84. The van der Waals surface area contributed by atoms with Gasteiger partial charge in [0.2, 0.25) is 0 Å². The first-order valence-corrected chi connectivity index (χ1v) is 10.3. The first kappa shape index (κ1) is 19.3. The molecule has 1 aliphatic carbocycles. The van der Waals surface area contributed by atoms with Gasteiger partial charge in [-0.1, -0.05) is 42.5 Å². The number of hydrogen-bond donors (Lipinski definition) is 3. The SMILES string of the molecule is Nc1ccc(-c2[nH]c(-c3c(F)cccc3F)nc2-c2ccccc2)cc1NCC1CC1. The van der Waals surface area contributed by atoms with Crippen molar-refractivity contribution >= 4 is 11.4 Å². The van der Waals surface area contributed by atoms with E-state index in [2.05, 4.69) is 15.3 Å². The van der Waals surface area contributed by atoms with Gasteiger partial charge >= 0.3 is 0 Å². The van der Waals surface area contributed by atoms with Gasteiger partial charge in [0.05, 0.1) is 28.3 Å². The van der Waals surface area contributed by atoms with Crippen molar-refractivity contribution in [3.63, 3.8) is 0 Å². The Morgan fingerprint density at radius 1 is 0.935 bits per heavy atom. The van der Waals surface area contributed by atoms with E-state index in [4.69, 9.17) is 5.73 Å². The third kappa shape index (κ3) is 3.89. The number of nitrogens with one attached hydrogen (secondary N) is 2. The molecule has 1 saturated carbocycles. The Bertz CT molecular complexity index is 1210. The van der Waals surface area contributed by atoms with Crippen LogP contribution in [0, 0.1) is 17.6 Å². The van der Waals surface area contributed by atoms with E-state index in [9.17, 15) is 8.78 Å². The Kier molecular flexibility index (Phi) is 4.90. The van der Waals surface area contributed by atoms with Gasteiger partial charge in [0.25, 0.3) is 0 Å². The predicted octanol–water partition coefficient (Wildman–Crippen LogP) is 6.09. The standard InChI is InChI=1S/C25H22F2N4/c26-18-7-4-8-19(27)22(18)25-30-23(16-5-2-1-3-6-16)24(31-25)17-11-12-20(28)21(13-17)29-14-15-9-10-15/h1-8,11-13,15,29H,9-10,14,28H2,(H,30,31). The maximum absolute atomic E-state index is 14.5. The molecular formula is C25H22F2N4. The highest BCUT2D eigenvalue weighted by atomic mass is 19.1. The van der Waals surface area contributed by atoms with E-state index in [0.29, 0.717) is 23.0 Å². The molecule has 31 heavy (non-hydrogen) atoms. The third-order valence-electron chi connectivity index (χ3n) is 5.57. The Hall–Kier alpha value is -3.67. The molecule has 0 unspecified atom stereocenters. The average Bonchev–Trinajstić information content (AvgIpc) is 3.51. The Labute approximate surface area is 179 Å². The molecule has 4 aromatic rings. The first-order valence-electron chi connectivity index (χ1n) is 10.3. The van der Waals surface area contributed by atoms with Crippen LogP contribution in [0.1, 0.15) is 12.8 Å². The quantitative estimate of drug-likeness (QED) is 0.333. The average molecular weight is 416 g/mol.